The second-order valence-corrected chi connectivity index (χ2v) is 6.14. The molecule has 5 heteroatoms. The highest BCUT2D eigenvalue weighted by Gasteiger charge is 2.14. The normalized spacial score (nSPS) is 16.0. The highest BCUT2D eigenvalue weighted by Crippen LogP contribution is 2.20. The summed E-state index contributed by atoms with van der Waals surface area (Å²) in [6, 6.07) is 0. The number of hydrogen-bond acceptors (Lipinski definition) is 3. The molecule has 0 heterocycles. The highest BCUT2D eigenvalue weighted by atomic mass is 16.5. The van der Waals surface area contributed by atoms with Crippen LogP contribution < -0.4 is 10.6 Å². The third-order valence-electron chi connectivity index (χ3n) is 3.97. The van der Waals surface area contributed by atoms with E-state index in [0.717, 1.165) is 64.7 Å². The van der Waals surface area contributed by atoms with Crippen LogP contribution in [0.2, 0.25) is 0 Å². The fourth-order valence-electron chi connectivity index (χ4n) is 2.63. The Bertz CT molecular complexity index is 292. The van der Waals surface area contributed by atoms with Crippen LogP contribution in [0.15, 0.2) is 4.99 Å². The SMILES string of the molecule is CCCCOCCCN=C(NCC)NCCCOC1CCCC1. The van der Waals surface area contributed by atoms with Crippen molar-refractivity contribution < 1.29 is 9.47 Å². The van der Waals surface area contributed by atoms with Crippen molar-refractivity contribution in [2.45, 2.75) is 71.3 Å². The van der Waals surface area contributed by atoms with E-state index in [1.165, 1.54) is 32.1 Å². The highest BCUT2D eigenvalue weighted by molar-refractivity contribution is 5.79. The molecule has 0 aromatic carbocycles. The Labute approximate surface area is 142 Å². The molecule has 1 rings (SSSR count). The zero-order valence-electron chi connectivity index (χ0n) is 15.2. The zero-order valence-corrected chi connectivity index (χ0v) is 15.2. The summed E-state index contributed by atoms with van der Waals surface area (Å²) in [4.78, 5) is 4.58. The van der Waals surface area contributed by atoms with Crippen LogP contribution in [0.4, 0.5) is 0 Å². The summed E-state index contributed by atoms with van der Waals surface area (Å²) in [6.07, 6.45) is 10.0. The van der Waals surface area contributed by atoms with E-state index in [1.807, 2.05) is 0 Å². The minimum atomic E-state index is 0.518. The first kappa shape index (κ1) is 20.2. The quantitative estimate of drug-likeness (QED) is 0.310. The number of nitrogens with one attached hydrogen (secondary N) is 2. The van der Waals surface area contributed by atoms with Gasteiger partial charge in [0, 0.05) is 39.5 Å². The van der Waals surface area contributed by atoms with Crippen LogP contribution in [-0.4, -0.2) is 51.5 Å². The average Bonchev–Trinajstić information content (AvgIpc) is 3.07. The van der Waals surface area contributed by atoms with Gasteiger partial charge in [-0.15, -0.1) is 0 Å². The lowest BCUT2D eigenvalue weighted by molar-refractivity contribution is 0.0574. The van der Waals surface area contributed by atoms with Gasteiger partial charge in [-0.05, 0) is 39.0 Å². The Balaban J connectivity index is 2.01. The topological polar surface area (TPSA) is 54.9 Å². The predicted molar refractivity (Wildman–Crippen MR) is 97.2 cm³/mol. The van der Waals surface area contributed by atoms with Crippen molar-refractivity contribution in [3.8, 4) is 0 Å². The Hall–Kier alpha value is -0.810. The minimum absolute atomic E-state index is 0.518. The molecule has 1 aliphatic rings. The van der Waals surface area contributed by atoms with Gasteiger partial charge in [-0.1, -0.05) is 26.2 Å². The molecule has 0 atom stereocenters. The number of nitrogens with zero attached hydrogens (tertiary/aromatic N) is 1. The van der Waals surface area contributed by atoms with E-state index < -0.39 is 0 Å². The monoisotopic (exact) mass is 327 g/mol. The van der Waals surface area contributed by atoms with Gasteiger partial charge in [-0.3, -0.25) is 4.99 Å². The van der Waals surface area contributed by atoms with E-state index in [0.29, 0.717) is 6.10 Å². The summed E-state index contributed by atoms with van der Waals surface area (Å²) in [7, 11) is 0. The van der Waals surface area contributed by atoms with Crippen molar-refractivity contribution in [1.82, 2.24) is 10.6 Å². The Morgan fingerprint density at radius 1 is 1.00 bits per heavy atom. The van der Waals surface area contributed by atoms with Gasteiger partial charge < -0.3 is 20.1 Å². The van der Waals surface area contributed by atoms with Gasteiger partial charge >= 0.3 is 0 Å². The number of hydrogen-bond donors (Lipinski definition) is 2. The van der Waals surface area contributed by atoms with Crippen molar-refractivity contribution in [2.24, 2.45) is 4.99 Å². The van der Waals surface area contributed by atoms with Gasteiger partial charge in [0.25, 0.3) is 0 Å². The van der Waals surface area contributed by atoms with E-state index >= 15 is 0 Å². The van der Waals surface area contributed by atoms with Crippen molar-refractivity contribution in [2.75, 3.05) is 39.5 Å². The molecule has 0 spiro atoms. The van der Waals surface area contributed by atoms with Gasteiger partial charge in [-0.25, -0.2) is 0 Å². The summed E-state index contributed by atoms with van der Waals surface area (Å²) in [5.74, 6) is 0.905. The van der Waals surface area contributed by atoms with Gasteiger partial charge in [0.15, 0.2) is 5.96 Å². The van der Waals surface area contributed by atoms with Crippen LogP contribution in [0.5, 0.6) is 0 Å². The lowest BCUT2D eigenvalue weighted by Gasteiger charge is -2.13. The molecule has 1 aliphatic carbocycles. The molecule has 0 radical (unpaired) electrons. The summed E-state index contributed by atoms with van der Waals surface area (Å²) in [5.41, 5.74) is 0. The molecule has 0 amide bonds. The summed E-state index contributed by atoms with van der Waals surface area (Å²) >= 11 is 0. The van der Waals surface area contributed by atoms with Crippen molar-refractivity contribution in [3.05, 3.63) is 0 Å². The molecule has 0 unspecified atom stereocenters. The number of unbranched alkanes of at least 4 members (excludes halogenated alkanes) is 1. The van der Waals surface area contributed by atoms with Gasteiger partial charge in [0.2, 0.25) is 0 Å². The summed E-state index contributed by atoms with van der Waals surface area (Å²) < 4.78 is 11.4. The molecule has 23 heavy (non-hydrogen) atoms. The summed E-state index contributed by atoms with van der Waals surface area (Å²) in [5, 5.41) is 6.66. The van der Waals surface area contributed by atoms with E-state index in [-0.39, 0.29) is 0 Å². The zero-order chi connectivity index (χ0) is 16.6. The first-order chi connectivity index (χ1) is 11.4. The second-order valence-electron chi connectivity index (χ2n) is 6.14. The lowest BCUT2D eigenvalue weighted by Crippen LogP contribution is -2.38. The van der Waals surface area contributed by atoms with Crippen LogP contribution in [0, 0.1) is 0 Å². The van der Waals surface area contributed by atoms with Crippen molar-refractivity contribution in [3.63, 3.8) is 0 Å². The van der Waals surface area contributed by atoms with E-state index in [4.69, 9.17) is 9.47 Å². The standard InChI is InChI=1S/C18H37N3O2/c1-3-5-14-22-15-8-12-20-18(19-4-2)21-13-9-16-23-17-10-6-7-11-17/h17H,3-16H2,1-2H3,(H2,19,20,21). The predicted octanol–water partition coefficient (Wildman–Crippen LogP) is 3.10. The average molecular weight is 328 g/mol. The molecular weight excluding hydrogens is 290 g/mol. The Morgan fingerprint density at radius 2 is 1.78 bits per heavy atom. The Kier molecular flexibility index (Phi) is 13.0. The van der Waals surface area contributed by atoms with Crippen LogP contribution in [0.3, 0.4) is 0 Å². The van der Waals surface area contributed by atoms with Crippen molar-refractivity contribution >= 4 is 5.96 Å². The van der Waals surface area contributed by atoms with Crippen molar-refractivity contribution in [1.29, 1.82) is 0 Å². The Morgan fingerprint density at radius 3 is 2.52 bits per heavy atom. The minimum Gasteiger partial charge on any atom is -0.381 e. The molecule has 136 valence electrons. The largest absolute Gasteiger partial charge is 0.381 e. The molecule has 1 fully saturated rings. The van der Waals surface area contributed by atoms with Gasteiger partial charge in [-0.2, -0.15) is 0 Å². The van der Waals surface area contributed by atoms with Crippen LogP contribution in [0.1, 0.15) is 65.2 Å². The fraction of sp³-hybridized carbons (Fsp3) is 0.944. The summed E-state index contributed by atoms with van der Waals surface area (Å²) in [6.45, 7) is 9.40. The van der Waals surface area contributed by atoms with Gasteiger partial charge in [0.05, 0.1) is 6.10 Å². The molecule has 0 aliphatic heterocycles. The fourth-order valence-corrected chi connectivity index (χ4v) is 2.63. The molecule has 0 aromatic heterocycles. The molecule has 0 bridgehead atoms. The molecular formula is C18H37N3O2. The molecule has 0 aromatic rings. The molecule has 2 N–H and O–H groups in total. The van der Waals surface area contributed by atoms with E-state index in [9.17, 15) is 0 Å². The maximum absolute atomic E-state index is 5.87. The van der Waals surface area contributed by atoms with E-state index in [2.05, 4.69) is 29.5 Å². The maximum Gasteiger partial charge on any atom is 0.191 e. The number of guanidine groups is 1. The van der Waals surface area contributed by atoms with Crippen LogP contribution >= 0.6 is 0 Å². The second kappa shape index (κ2) is 14.8. The first-order valence-corrected chi connectivity index (χ1v) is 9.58. The number of ether oxygens (including phenoxy) is 2. The smallest absolute Gasteiger partial charge is 0.191 e. The van der Waals surface area contributed by atoms with Crippen LogP contribution in [-0.2, 0) is 9.47 Å². The lowest BCUT2D eigenvalue weighted by atomic mass is 10.3. The third-order valence-corrected chi connectivity index (χ3v) is 3.97. The first-order valence-electron chi connectivity index (χ1n) is 9.58. The van der Waals surface area contributed by atoms with Crippen LogP contribution in [0.25, 0.3) is 0 Å². The molecule has 0 saturated heterocycles. The third kappa shape index (κ3) is 11.4. The van der Waals surface area contributed by atoms with E-state index in [1.54, 1.807) is 0 Å². The van der Waals surface area contributed by atoms with Gasteiger partial charge in [0.1, 0.15) is 0 Å². The molecule has 1 saturated carbocycles. The maximum atomic E-state index is 5.87. The number of rotatable bonds is 13. The number of aliphatic imine (C=N–C) groups is 1. The molecule has 5 nitrogen and oxygen atoms in total.